The van der Waals surface area contributed by atoms with Crippen molar-refractivity contribution in [3.8, 4) is 5.75 Å². The second-order valence-electron chi connectivity index (χ2n) is 12.8. The van der Waals surface area contributed by atoms with Crippen LogP contribution in [0.3, 0.4) is 0 Å². The smallest absolute Gasteiger partial charge is 0.357 e. The maximum Gasteiger partial charge on any atom is 0.357 e. The lowest BCUT2D eigenvalue weighted by Gasteiger charge is -2.50. The summed E-state index contributed by atoms with van der Waals surface area (Å²) in [6.45, 7) is 3.48. The Morgan fingerprint density at radius 3 is 2.22 bits per heavy atom. The molecule has 0 bridgehead atoms. The van der Waals surface area contributed by atoms with Crippen molar-refractivity contribution in [3.05, 3.63) is 75.8 Å². The molecule has 15 heteroatoms. The molecule has 1 amide bonds. The second-order valence-corrected chi connectivity index (χ2v) is 14.9. The Kier molecular flexibility index (Phi) is 9.76. The largest absolute Gasteiger partial charge is 0.510 e. The maximum absolute atomic E-state index is 14.5. The summed E-state index contributed by atoms with van der Waals surface area (Å²) in [5.74, 6) is -8.57. The van der Waals surface area contributed by atoms with Crippen LogP contribution in [0.4, 0.5) is 11.4 Å². The molecule has 0 radical (unpaired) electrons. The fourth-order valence-electron chi connectivity index (χ4n) is 7.48. The van der Waals surface area contributed by atoms with Crippen molar-refractivity contribution in [1.82, 2.24) is 4.90 Å². The van der Waals surface area contributed by atoms with Crippen LogP contribution in [-0.4, -0.2) is 95.8 Å². The van der Waals surface area contributed by atoms with Crippen molar-refractivity contribution in [2.75, 3.05) is 51.6 Å². The highest BCUT2D eigenvalue weighted by Gasteiger charge is 2.63. The molecule has 0 fully saturated rings. The van der Waals surface area contributed by atoms with E-state index in [1.165, 1.54) is 4.90 Å². The van der Waals surface area contributed by atoms with E-state index in [0.29, 0.717) is 16.8 Å². The summed E-state index contributed by atoms with van der Waals surface area (Å²) in [6.07, 6.45) is 0.0652. The number of Topliss-reactive ketones (excluding diaryl/α,β-unsaturated/α-hetero) is 2. The lowest BCUT2D eigenvalue weighted by atomic mass is 9.58. The number of carbonyl (C=O) groups excluding carboxylic acids is 3. The van der Waals surface area contributed by atoms with Gasteiger partial charge in [-0.25, -0.2) is 0 Å². The number of allylic oxidation sites excluding steroid dienone is 1. The van der Waals surface area contributed by atoms with Crippen LogP contribution in [0.1, 0.15) is 47.5 Å². The molecule has 49 heavy (non-hydrogen) atoms. The quantitative estimate of drug-likeness (QED) is 0.113. The standard InChI is InChI=1S/C34H43N4O10P/c1-7-47-49(46,48-8-2)33(17-12-10-9-11-13-17)36-21-16-22(37(3)4)19-14-18-15-20-26(38(5)6)29(41)25(32(35)44)31(43)34(20,45)30(42)23(18)28(40)24(19)27(21)39/h9-13,16,18,20,26,33,36,39,41-42,45H,7-8,14-15H2,1-6H3,(H2,35,44)/t18-,20-,26-,33?,34-/m0/s1. The Labute approximate surface area is 284 Å². The minimum absolute atomic E-state index is 0.0144. The van der Waals surface area contributed by atoms with Crippen molar-refractivity contribution in [2.24, 2.45) is 17.6 Å². The van der Waals surface area contributed by atoms with Crippen LogP contribution < -0.4 is 16.0 Å². The van der Waals surface area contributed by atoms with Gasteiger partial charge in [-0.1, -0.05) is 30.3 Å². The van der Waals surface area contributed by atoms with E-state index in [1.807, 2.05) is 0 Å². The molecule has 3 aliphatic rings. The number of anilines is 2. The number of phenols is 1. The van der Waals surface area contributed by atoms with Crippen LogP contribution >= 0.6 is 7.60 Å². The summed E-state index contributed by atoms with van der Waals surface area (Å²) in [5, 5.41) is 49.6. The molecule has 264 valence electrons. The van der Waals surface area contributed by atoms with E-state index >= 15 is 0 Å². The normalized spacial score (nSPS) is 24.4. The number of rotatable bonds is 11. The van der Waals surface area contributed by atoms with Crippen molar-refractivity contribution >= 4 is 36.4 Å². The van der Waals surface area contributed by atoms with E-state index in [4.69, 9.17) is 14.8 Å². The first-order valence-corrected chi connectivity index (χ1v) is 17.6. The van der Waals surface area contributed by atoms with Gasteiger partial charge < -0.3 is 45.4 Å². The van der Waals surface area contributed by atoms with Crippen LogP contribution in [-0.2, 0) is 29.6 Å². The number of primary amides is 1. The molecule has 14 nitrogen and oxygen atoms in total. The van der Waals surface area contributed by atoms with Gasteiger partial charge in [0.05, 0.1) is 30.5 Å². The van der Waals surface area contributed by atoms with Crippen LogP contribution in [0.25, 0.3) is 0 Å². The number of amides is 1. The van der Waals surface area contributed by atoms with Crippen molar-refractivity contribution in [3.63, 3.8) is 0 Å². The van der Waals surface area contributed by atoms with Crippen molar-refractivity contribution in [1.29, 1.82) is 0 Å². The number of fused-ring (bicyclic) bond motifs is 3. The van der Waals surface area contributed by atoms with Gasteiger partial charge in [0.25, 0.3) is 5.91 Å². The molecular weight excluding hydrogens is 655 g/mol. The van der Waals surface area contributed by atoms with E-state index in [2.05, 4.69) is 5.32 Å². The third-order valence-corrected chi connectivity index (χ3v) is 11.8. The molecule has 0 heterocycles. The number of phenolic OH excluding ortho intramolecular Hbond substituents is 1. The van der Waals surface area contributed by atoms with Gasteiger partial charge in [-0.3, -0.25) is 23.8 Å². The molecule has 5 atom stereocenters. The van der Waals surface area contributed by atoms with E-state index in [1.54, 1.807) is 83.3 Å². The van der Waals surface area contributed by atoms with Gasteiger partial charge in [-0.15, -0.1) is 0 Å². The molecule has 1 unspecified atom stereocenters. The predicted molar refractivity (Wildman–Crippen MR) is 182 cm³/mol. The highest BCUT2D eigenvalue weighted by Crippen LogP contribution is 2.62. The van der Waals surface area contributed by atoms with Crippen LogP contribution in [0.15, 0.2) is 59.1 Å². The summed E-state index contributed by atoms with van der Waals surface area (Å²) in [4.78, 5) is 43.7. The zero-order valence-electron chi connectivity index (χ0n) is 28.3. The number of aromatic hydroxyl groups is 1. The number of nitrogens with zero attached hydrogens (tertiary/aromatic N) is 2. The van der Waals surface area contributed by atoms with E-state index < -0.39 is 77.2 Å². The van der Waals surface area contributed by atoms with E-state index in [-0.39, 0.29) is 42.9 Å². The molecule has 2 aromatic rings. The average Bonchev–Trinajstić information content (AvgIpc) is 3.02. The van der Waals surface area contributed by atoms with Crippen molar-refractivity contribution in [2.45, 2.75) is 44.1 Å². The minimum Gasteiger partial charge on any atom is -0.510 e. The van der Waals surface area contributed by atoms with E-state index in [0.717, 1.165) is 0 Å². The topological polar surface area (TPSA) is 212 Å². The van der Waals surface area contributed by atoms with Gasteiger partial charge in [-0.2, -0.15) is 0 Å². The number of hydrogen-bond donors (Lipinski definition) is 6. The molecule has 2 aromatic carbocycles. The number of nitrogens with one attached hydrogen (secondary N) is 1. The molecular formula is C34H43N4O10P. The number of hydrogen-bond acceptors (Lipinski definition) is 13. The third kappa shape index (κ3) is 5.71. The van der Waals surface area contributed by atoms with Crippen LogP contribution in [0, 0.1) is 11.8 Å². The number of carbonyl (C=O) groups is 3. The fourth-order valence-corrected chi connectivity index (χ4v) is 9.41. The first-order valence-electron chi connectivity index (χ1n) is 16.0. The van der Waals surface area contributed by atoms with Gasteiger partial charge in [0.2, 0.25) is 5.78 Å². The highest BCUT2D eigenvalue weighted by atomic mass is 31.2. The first kappa shape index (κ1) is 36.1. The molecule has 5 rings (SSSR count). The van der Waals surface area contributed by atoms with Crippen LogP contribution in [0.5, 0.6) is 5.75 Å². The highest BCUT2D eigenvalue weighted by molar-refractivity contribution is 7.54. The molecule has 3 aliphatic carbocycles. The Morgan fingerprint density at radius 1 is 1.08 bits per heavy atom. The SMILES string of the molecule is CCOP(=O)(OCC)C(Nc1cc(N(C)C)c2c(c1O)C(=O)C1=C(O)[C@]3(O)C(=O)C(C(N)=O)=C(O)[C@@H](N(C)C)[C@@H]3C[C@@H]1C2)c1ccccc1. The number of aliphatic hydroxyl groups is 3. The number of benzene rings is 2. The van der Waals surface area contributed by atoms with Gasteiger partial charge in [-0.05, 0) is 63.9 Å². The number of likely N-dealkylation sites (N-methyl/N-ethyl adjacent to an activating group) is 1. The number of ketones is 2. The number of nitrogens with two attached hydrogens (primary N) is 1. The summed E-state index contributed by atoms with van der Waals surface area (Å²) < 4.78 is 25.5. The van der Waals surface area contributed by atoms with Crippen LogP contribution in [0.2, 0.25) is 0 Å². The lowest BCUT2D eigenvalue weighted by molar-refractivity contribution is -0.148. The van der Waals surface area contributed by atoms with E-state index in [9.17, 15) is 39.4 Å². The Morgan fingerprint density at radius 2 is 1.69 bits per heavy atom. The lowest BCUT2D eigenvalue weighted by Crippen LogP contribution is -2.63. The maximum atomic E-state index is 14.5. The molecule has 0 aromatic heterocycles. The average molecular weight is 699 g/mol. The summed E-state index contributed by atoms with van der Waals surface area (Å²) in [6, 6.07) is 9.24. The predicted octanol–water partition coefficient (Wildman–Crippen LogP) is 3.56. The molecule has 7 N–H and O–H groups in total. The minimum atomic E-state index is -3.93. The molecule has 0 saturated carbocycles. The van der Waals surface area contributed by atoms with Gasteiger partial charge >= 0.3 is 7.60 Å². The Bertz CT molecular complexity index is 1800. The van der Waals surface area contributed by atoms with Gasteiger partial charge in [0, 0.05) is 31.3 Å². The summed E-state index contributed by atoms with van der Waals surface area (Å²) in [7, 11) is 2.72. The van der Waals surface area contributed by atoms with Gasteiger partial charge in [0.15, 0.2) is 17.2 Å². The first-order chi connectivity index (χ1) is 23.0. The fraction of sp³-hybridized carbons (Fsp3) is 0.441. The van der Waals surface area contributed by atoms with Crippen molar-refractivity contribution < 1.29 is 48.4 Å². The Hall–Kier alpha value is -4.20. The third-order valence-electron chi connectivity index (χ3n) is 9.52. The summed E-state index contributed by atoms with van der Waals surface area (Å²) in [5.41, 5.74) is 2.83. The monoisotopic (exact) mass is 698 g/mol. The molecule has 0 saturated heterocycles. The van der Waals surface area contributed by atoms with Gasteiger partial charge in [0.1, 0.15) is 22.8 Å². The number of aliphatic hydroxyl groups excluding tert-OH is 2. The molecule has 0 aliphatic heterocycles. The Balaban J connectivity index is 1.70. The zero-order chi connectivity index (χ0) is 36.2. The molecule has 0 spiro atoms. The second kappa shape index (κ2) is 13.3. The zero-order valence-corrected chi connectivity index (χ0v) is 29.2. The summed E-state index contributed by atoms with van der Waals surface area (Å²) >= 11 is 0.